The Morgan fingerprint density at radius 2 is 1.64 bits per heavy atom. The molecule has 2 fully saturated rings. The van der Waals surface area contributed by atoms with E-state index in [0.717, 1.165) is 17.7 Å². The summed E-state index contributed by atoms with van der Waals surface area (Å²) in [5.41, 5.74) is 0.516. The van der Waals surface area contributed by atoms with Crippen molar-refractivity contribution in [1.29, 1.82) is 0 Å². The predicted octanol–water partition coefficient (Wildman–Crippen LogP) is 1.94. The molecule has 2 aliphatic heterocycles. The second-order valence-corrected chi connectivity index (χ2v) is 9.15. The minimum absolute atomic E-state index is 0.0266. The summed E-state index contributed by atoms with van der Waals surface area (Å²) in [6, 6.07) is 14.6. The Morgan fingerprint density at radius 1 is 1.00 bits per heavy atom. The molecule has 0 aliphatic carbocycles. The van der Waals surface area contributed by atoms with E-state index >= 15 is 0 Å². The molecule has 2 heterocycles. The standard InChI is InChI=1S/C20H22FN3O3S/c21-17-6-8-18(9-7-17)28(26,27)23-12-10-20(11-13-23)22-14-19(25)24(20)15-16-4-2-1-3-5-16/h1-9,22H,10-15H2. The van der Waals surface area contributed by atoms with Gasteiger partial charge in [0.1, 0.15) is 5.82 Å². The van der Waals surface area contributed by atoms with E-state index in [9.17, 15) is 17.6 Å². The molecule has 1 amide bonds. The SMILES string of the molecule is O=C1CNC2(CCN(S(=O)(=O)c3ccc(F)cc3)CC2)N1Cc1ccccc1. The summed E-state index contributed by atoms with van der Waals surface area (Å²) in [5, 5.41) is 3.32. The van der Waals surface area contributed by atoms with Crippen LogP contribution < -0.4 is 5.32 Å². The van der Waals surface area contributed by atoms with Crippen LogP contribution in [0.25, 0.3) is 0 Å². The second kappa shape index (κ2) is 7.27. The van der Waals surface area contributed by atoms with Gasteiger partial charge in [-0.25, -0.2) is 12.8 Å². The average Bonchev–Trinajstić information content (AvgIpc) is 2.99. The summed E-state index contributed by atoms with van der Waals surface area (Å²) in [6.45, 7) is 1.35. The molecule has 2 aliphatic rings. The van der Waals surface area contributed by atoms with E-state index in [4.69, 9.17) is 0 Å². The van der Waals surface area contributed by atoms with E-state index in [1.807, 2.05) is 35.2 Å². The third kappa shape index (κ3) is 3.43. The van der Waals surface area contributed by atoms with E-state index in [1.165, 1.54) is 16.4 Å². The van der Waals surface area contributed by atoms with Crippen LogP contribution >= 0.6 is 0 Å². The Morgan fingerprint density at radius 3 is 2.29 bits per heavy atom. The molecule has 0 radical (unpaired) electrons. The van der Waals surface area contributed by atoms with Gasteiger partial charge in [-0.2, -0.15) is 4.31 Å². The first-order valence-corrected chi connectivity index (χ1v) is 10.7. The minimum atomic E-state index is -3.68. The molecule has 0 aromatic heterocycles. The molecule has 0 saturated carbocycles. The Hall–Kier alpha value is -2.29. The number of carbonyl (C=O) groups is 1. The van der Waals surface area contributed by atoms with E-state index in [1.54, 1.807) is 0 Å². The van der Waals surface area contributed by atoms with Gasteiger partial charge in [-0.1, -0.05) is 30.3 Å². The lowest BCUT2D eigenvalue weighted by molar-refractivity contribution is -0.132. The molecule has 148 valence electrons. The van der Waals surface area contributed by atoms with E-state index in [2.05, 4.69) is 5.32 Å². The first-order valence-electron chi connectivity index (χ1n) is 9.26. The summed E-state index contributed by atoms with van der Waals surface area (Å²) in [5.74, 6) is -0.444. The molecule has 0 unspecified atom stereocenters. The van der Waals surface area contributed by atoms with Crippen molar-refractivity contribution >= 4 is 15.9 Å². The second-order valence-electron chi connectivity index (χ2n) is 7.21. The van der Waals surface area contributed by atoms with Crippen LogP contribution in [0.5, 0.6) is 0 Å². The number of nitrogens with one attached hydrogen (secondary N) is 1. The molecular formula is C20H22FN3O3S. The van der Waals surface area contributed by atoms with Crippen molar-refractivity contribution in [2.24, 2.45) is 0 Å². The molecule has 6 nitrogen and oxygen atoms in total. The Bertz CT molecular complexity index is 956. The first kappa shape index (κ1) is 19.0. The minimum Gasteiger partial charge on any atom is -0.319 e. The molecule has 2 aromatic carbocycles. The fourth-order valence-corrected chi connectivity index (χ4v) is 5.42. The number of piperidine rings is 1. The molecule has 0 atom stereocenters. The Balaban J connectivity index is 1.50. The van der Waals surface area contributed by atoms with E-state index < -0.39 is 21.5 Å². The summed E-state index contributed by atoms with van der Waals surface area (Å²) in [6.07, 6.45) is 1.01. The number of rotatable bonds is 4. The van der Waals surface area contributed by atoms with Crippen molar-refractivity contribution in [2.45, 2.75) is 29.9 Å². The zero-order valence-electron chi connectivity index (χ0n) is 15.3. The number of sulfonamides is 1. The average molecular weight is 403 g/mol. The fraction of sp³-hybridized carbons (Fsp3) is 0.350. The van der Waals surface area contributed by atoms with Gasteiger partial charge in [0.25, 0.3) is 0 Å². The number of carbonyl (C=O) groups excluding carboxylic acids is 1. The number of hydrogen-bond donors (Lipinski definition) is 1. The highest BCUT2D eigenvalue weighted by Crippen LogP contribution is 2.33. The predicted molar refractivity (Wildman–Crippen MR) is 102 cm³/mol. The monoisotopic (exact) mass is 403 g/mol. The van der Waals surface area contributed by atoms with Crippen LogP contribution in [0.4, 0.5) is 4.39 Å². The van der Waals surface area contributed by atoms with Gasteiger partial charge in [-0.05, 0) is 42.7 Å². The van der Waals surface area contributed by atoms with Crippen molar-refractivity contribution in [3.63, 3.8) is 0 Å². The first-order chi connectivity index (χ1) is 13.4. The van der Waals surface area contributed by atoms with Crippen LogP contribution in [0, 0.1) is 5.82 Å². The topological polar surface area (TPSA) is 69.7 Å². The highest BCUT2D eigenvalue weighted by Gasteiger charge is 2.48. The third-order valence-electron chi connectivity index (χ3n) is 5.57. The maximum atomic E-state index is 13.1. The number of halogens is 1. The maximum absolute atomic E-state index is 13.1. The van der Waals surface area contributed by atoms with Crippen LogP contribution in [0.2, 0.25) is 0 Å². The van der Waals surface area contributed by atoms with Gasteiger partial charge in [-0.3, -0.25) is 10.1 Å². The normalized spacial score (nSPS) is 20.0. The molecule has 1 N–H and O–H groups in total. The van der Waals surface area contributed by atoms with Gasteiger partial charge in [0.15, 0.2) is 0 Å². The molecule has 2 saturated heterocycles. The van der Waals surface area contributed by atoms with Crippen LogP contribution in [0.1, 0.15) is 18.4 Å². The van der Waals surface area contributed by atoms with Gasteiger partial charge < -0.3 is 4.90 Å². The van der Waals surface area contributed by atoms with Gasteiger partial charge >= 0.3 is 0 Å². The van der Waals surface area contributed by atoms with E-state index in [0.29, 0.717) is 32.5 Å². The molecule has 0 bridgehead atoms. The molecule has 2 aromatic rings. The molecular weight excluding hydrogens is 381 g/mol. The molecule has 8 heteroatoms. The number of nitrogens with zero attached hydrogens (tertiary/aromatic N) is 2. The van der Waals surface area contributed by atoms with Crippen LogP contribution in [-0.2, 0) is 21.4 Å². The van der Waals surface area contributed by atoms with Gasteiger partial charge in [0.05, 0.1) is 17.1 Å². The Labute approximate surface area is 164 Å². The lowest BCUT2D eigenvalue weighted by Gasteiger charge is -2.44. The van der Waals surface area contributed by atoms with Crippen molar-refractivity contribution in [1.82, 2.24) is 14.5 Å². The van der Waals surface area contributed by atoms with Crippen LogP contribution in [0.15, 0.2) is 59.5 Å². The van der Waals surface area contributed by atoms with Crippen molar-refractivity contribution in [2.75, 3.05) is 19.6 Å². The number of benzene rings is 2. The van der Waals surface area contributed by atoms with Crippen LogP contribution in [0.3, 0.4) is 0 Å². The third-order valence-corrected chi connectivity index (χ3v) is 7.48. The number of hydrogen-bond acceptors (Lipinski definition) is 4. The quantitative estimate of drug-likeness (QED) is 0.847. The lowest BCUT2D eigenvalue weighted by Crippen LogP contribution is -2.58. The highest BCUT2D eigenvalue weighted by atomic mass is 32.2. The number of amides is 1. The molecule has 4 rings (SSSR count). The van der Waals surface area contributed by atoms with Crippen molar-refractivity contribution in [3.05, 3.63) is 66.0 Å². The van der Waals surface area contributed by atoms with E-state index in [-0.39, 0.29) is 17.3 Å². The van der Waals surface area contributed by atoms with Crippen LogP contribution in [-0.4, -0.2) is 48.8 Å². The fourth-order valence-electron chi connectivity index (χ4n) is 3.97. The zero-order valence-corrected chi connectivity index (χ0v) is 16.2. The van der Waals surface area contributed by atoms with Gasteiger partial charge in [-0.15, -0.1) is 0 Å². The van der Waals surface area contributed by atoms with Crippen molar-refractivity contribution < 1.29 is 17.6 Å². The summed E-state index contributed by atoms with van der Waals surface area (Å²) >= 11 is 0. The molecule has 28 heavy (non-hydrogen) atoms. The highest BCUT2D eigenvalue weighted by molar-refractivity contribution is 7.89. The zero-order chi connectivity index (χ0) is 19.8. The summed E-state index contributed by atoms with van der Waals surface area (Å²) in [7, 11) is -3.68. The van der Waals surface area contributed by atoms with Gasteiger partial charge in [0, 0.05) is 19.6 Å². The largest absolute Gasteiger partial charge is 0.319 e. The van der Waals surface area contributed by atoms with Crippen molar-refractivity contribution in [3.8, 4) is 0 Å². The summed E-state index contributed by atoms with van der Waals surface area (Å²) in [4.78, 5) is 14.4. The molecule has 1 spiro atoms. The lowest BCUT2D eigenvalue weighted by atomic mass is 9.96. The van der Waals surface area contributed by atoms with Gasteiger partial charge in [0.2, 0.25) is 15.9 Å². The Kier molecular flexibility index (Phi) is 4.95. The maximum Gasteiger partial charge on any atom is 0.243 e. The summed E-state index contributed by atoms with van der Waals surface area (Å²) < 4.78 is 40.2. The smallest absolute Gasteiger partial charge is 0.243 e.